The van der Waals surface area contributed by atoms with Crippen molar-refractivity contribution in [3.05, 3.63) is 95.9 Å². The van der Waals surface area contributed by atoms with Gasteiger partial charge in [0.2, 0.25) is 11.7 Å². The maximum absolute atomic E-state index is 5.86. The summed E-state index contributed by atoms with van der Waals surface area (Å²) in [6.07, 6.45) is 0. The van der Waals surface area contributed by atoms with Crippen LogP contribution in [0.5, 0.6) is 5.75 Å². The van der Waals surface area contributed by atoms with Gasteiger partial charge in [-0.05, 0) is 48.4 Å². The van der Waals surface area contributed by atoms with Crippen LogP contribution in [0.2, 0.25) is 0 Å². The molecule has 33 heavy (non-hydrogen) atoms. The van der Waals surface area contributed by atoms with Crippen LogP contribution < -0.4 is 9.64 Å². The maximum Gasteiger partial charge on any atom is 0.241 e. The highest BCUT2D eigenvalue weighted by molar-refractivity contribution is 5.55. The van der Waals surface area contributed by atoms with Gasteiger partial charge in [-0.2, -0.15) is 4.98 Å². The lowest BCUT2D eigenvalue weighted by Gasteiger charge is -2.36. The minimum atomic E-state index is 0.545. The first-order valence-corrected chi connectivity index (χ1v) is 11.4. The topological polar surface area (TPSA) is 54.6 Å². The van der Waals surface area contributed by atoms with Gasteiger partial charge in [-0.15, -0.1) is 0 Å². The molecule has 4 aromatic rings. The summed E-state index contributed by atoms with van der Waals surface area (Å²) in [6.45, 7) is 7.33. The van der Waals surface area contributed by atoms with Crippen molar-refractivity contribution < 1.29 is 9.26 Å². The number of hydrogen-bond acceptors (Lipinski definition) is 6. The molecule has 1 aliphatic heterocycles. The summed E-state index contributed by atoms with van der Waals surface area (Å²) in [4.78, 5) is 9.43. The quantitative estimate of drug-likeness (QED) is 0.405. The van der Waals surface area contributed by atoms with Gasteiger partial charge in [-0.25, -0.2) is 0 Å². The Morgan fingerprint density at radius 2 is 1.58 bits per heavy atom. The molecule has 0 bridgehead atoms. The molecular formula is C27H28N4O2. The molecule has 0 spiro atoms. The van der Waals surface area contributed by atoms with E-state index >= 15 is 0 Å². The molecule has 0 saturated carbocycles. The third-order valence-corrected chi connectivity index (χ3v) is 6.02. The van der Waals surface area contributed by atoms with Gasteiger partial charge in [0.15, 0.2) is 0 Å². The lowest BCUT2D eigenvalue weighted by Crippen LogP contribution is -2.46. The molecule has 1 fully saturated rings. The van der Waals surface area contributed by atoms with Gasteiger partial charge >= 0.3 is 0 Å². The van der Waals surface area contributed by atoms with Gasteiger partial charge < -0.3 is 14.2 Å². The highest BCUT2D eigenvalue weighted by Gasteiger charge is 2.20. The van der Waals surface area contributed by atoms with Crippen LogP contribution in [0, 0.1) is 6.92 Å². The number of para-hydroxylation sites is 1. The standard InChI is InChI=1S/C27H28N4O2/c1-21-7-5-6-10-25(21)31-17-15-30(16-18-31)19-26-28-27(29-33-26)23-11-13-24(14-12-23)32-20-22-8-3-2-4-9-22/h2-14H,15-20H2,1H3. The molecule has 1 aromatic heterocycles. The van der Waals surface area contributed by atoms with Crippen molar-refractivity contribution in [2.45, 2.75) is 20.1 Å². The first-order chi connectivity index (χ1) is 16.2. The number of rotatable bonds is 7. The van der Waals surface area contributed by atoms with Gasteiger partial charge in [0.05, 0.1) is 6.54 Å². The van der Waals surface area contributed by atoms with Crippen molar-refractivity contribution in [3.8, 4) is 17.1 Å². The van der Waals surface area contributed by atoms with E-state index < -0.39 is 0 Å². The Morgan fingerprint density at radius 3 is 2.33 bits per heavy atom. The Kier molecular flexibility index (Phi) is 6.35. The first kappa shape index (κ1) is 21.2. The van der Waals surface area contributed by atoms with E-state index in [1.54, 1.807) is 0 Å². The van der Waals surface area contributed by atoms with E-state index in [2.05, 4.69) is 63.3 Å². The molecule has 0 atom stereocenters. The van der Waals surface area contributed by atoms with E-state index in [9.17, 15) is 0 Å². The number of aromatic nitrogens is 2. The molecule has 3 aromatic carbocycles. The van der Waals surface area contributed by atoms with Crippen molar-refractivity contribution in [3.63, 3.8) is 0 Å². The van der Waals surface area contributed by atoms with Gasteiger partial charge in [0, 0.05) is 37.4 Å². The van der Waals surface area contributed by atoms with Crippen LogP contribution in [0.3, 0.4) is 0 Å². The molecule has 0 aliphatic carbocycles. The predicted octanol–water partition coefficient (Wildman–Crippen LogP) is 4.95. The normalized spacial score (nSPS) is 14.4. The average molecular weight is 441 g/mol. The Morgan fingerprint density at radius 1 is 0.848 bits per heavy atom. The first-order valence-electron chi connectivity index (χ1n) is 11.4. The number of aryl methyl sites for hydroxylation is 1. The number of benzene rings is 3. The highest BCUT2D eigenvalue weighted by atomic mass is 16.5. The highest BCUT2D eigenvalue weighted by Crippen LogP contribution is 2.23. The molecule has 5 rings (SSSR count). The van der Waals surface area contributed by atoms with E-state index in [-0.39, 0.29) is 0 Å². The summed E-state index contributed by atoms with van der Waals surface area (Å²) >= 11 is 0. The summed E-state index contributed by atoms with van der Waals surface area (Å²) in [5.74, 6) is 2.08. The molecule has 0 radical (unpaired) electrons. The number of ether oxygens (including phenoxy) is 1. The van der Waals surface area contributed by atoms with E-state index in [1.807, 2.05) is 42.5 Å². The summed E-state index contributed by atoms with van der Waals surface area (Å²) in [6, 6.07) is 26.5. The fraction of sp³-hybridized carbons (Fsp3) is 0.259. The van der Waals surface area contributed by atoms with Crippen LogP contribution in [0.1, 0.15) is 17.0 Å². The second-order valence-electron chi connectivity index (χ2n) is 8.36. The molecular weight excluding hydrogens is 412 g/mol. The van der Waals surface area contributed by atoms with E-state index in [4.69, 9.17) is 9.26 Å². The average Bonchev–Trinajstić information content (AvgIpc) is 3.33. The van der Waals surface area contributed by atoms with Crippen LogP contribution in [-0.2, 0) is 13.2 Å². The Hall–Kier alpha value is -3.64. The molecule has 6 nitrogen and oxygen atoms in total. The lowest BCUT2D eigenvalue weighted by atomic mass is 10.1. The van der Waals surface area contributed by atoms with Crippen molar-refractivity contribution in [1.29, 1.82) is 0 Å². The Labute approximate surface area is 194 Å². The molecule has 0 N–H and O–H groups in total. The van der Waals surface area contributed by atoms with Crippen LogP contribution in [-0.4, -0.2) is 41.2 Å². The molecule has 1 aliphatic rings. The second-order valence-corrected chi connectivity index (χ2v) is 8.36. The zero-order valence-corrected chi connectivity index (χ0v) is 18.9. The molecule has 1 saturated heterocycles. The number of hydrogen-bond donors (Lipinski definition) is 0. The zero-order chi connectivity index (χ0) is 22.5. The van der Waals surface area contributed by atoms with Crippen molar-refractivity contribution in [2.75, 3.05) is 31.1 Å². The van der Waals surface area contributed by atoms with Crippen LogP contribution in [0.25, 0.3) is 11.4 Å². The SMILES string of the molecule is Cc1ccccc1N1CCN(Cc2nc(-c3ccc(OCc4ccccc4)cc3)no2)CC1. The third kappa shape index (κ3) is 5.23. The van der Waals surface area contributed by atoms with Crippen LogP contribution in [0.15, 0.2) is 83.4 Å². The Bertz CT molecular complexity index is 1170. The van der Waals surface area contributed by atoms with Crippen molar-refractivity contribution in [1.82, 2.24) is 15.0 Å². The van der Waals surface area contributed by atoms with E-state index in [0.29, 0.717) is 24.9 Å². The molecule has 6 heteroatoms. The monoisotopic (exact) mass is 440 g/mol. The lowest BCUT2D eigenvalue weighted by molar-refractivity contribution is 0.215. The minimum absolute atomic E-state index is 0.545. The summed E-state index contributed by atoms with van der Waals surface area (Å²) in [5, 5.41) is 4.19. The van der Waals surface area contributed by atoms with E-state index in [0.717, 1.165) is 43.1 Å². The Balaban J connectivity index is 1.14. The number of anilines is 1. The predicted molar refractivity (Wildman–Crippen MR) is 129 cm³/mol. The van der Waals surface area contributed by atoms with Gasteiger partial charge in [-0.3, -0.25) is 4.90 Å². The summed E-state index contributed by atoms with van der Waals surface area (Å²) in [7, 11) is 0. The third-order valence-electron chi connectivity index (χ3n) is 6.02. The fourth-order valence-electron chi connectivity index (χ4n) is 4.13. The van der Waals surface area contributed by atoms with Gasteiger partial charge in [0.1, 0.15) is 12.4 Å². The van der Waals surface area contributed by atoms with Crippen LogP contribution >= 0.6 is 0 Å². The molecule has 168 valence electrons. The largest absolute Gasteiger partial charge is 0.489 e. The van der Waals surface area contributed by atoms with E-state index in [1.165, 1.54) is 11.3 Å². The number of nitrogens with zero attached hydrogens (tertiary/aromatic N) is 4. The molecule has 0 amide bonds. The van der Waals surface area contributed by atoms with Crippen LogP contribution in [0.4, 0.5) is 5.69 Å². The second kappa shape index (κ2) is 9.88. The minimum Gasteiger partial charge on any atom is -0.489 e. The maximum atomic E-state index is 5.86. The van der Waals surface area contributed by atoms with Gasteiger partial charge in [0.25, 0.3) is 0 Å². The van der Waals surface area contributed by atoms with Crippen molar-refractivity contribution >= 4 is 5.69 Å². The number of piperazine rings is 1. The smallest absolute Gasteiger partial charge is 0.241 e. The fourth-order valence-corrected chi connectivity index (χ4v) is 4.13. The molecule has 2 heterocycles. The zero-order valence-electron chi connectivity index (χ0n) is 18.9. The molecule has 0 unspecified atom stereocenters. The summed E-state index contributed by atoms with van der Waals surface area (Å²) in [5.41, 5.74) is 4.71. The van der Waals surface area contributed by atoms with Crippen molar-refractivity contribution in [2.24, 2.45) is 0 Å². The van der Waals surface area contributed by atoms with Gasteiger partial charge in [-0.1, -0.05) is 53.7 Å². The summed E-state index contributed by atoms with van der Waals surface area (Å²) < 4.78 is 11.4.